The standard InChI is InChI=1S/C20H24ClN3O5S/c1-3-24-19(26)15(12-22-24)18(25)13-8-9-14(20(27)29-4-2)17(16(13)21)23-30(28)10-6-5-7-11-30/h8-9,12,22H,3-7,10-11H2,1-2H3. The third kappa shape index (κ3) is 4.37. The molecule has 8 nitrogen and oxygen atoms in total. The normalized spacial score (nSPS) is 15.6. The fraction of sp³-hybridized carbons (Fsp3) is 0.450. The van der Waals surface area contributed by atoms with E-state index in [1.807, 2.05) is 0 Å². The average molecular weight is 454 g/mol. The second-order valence-corrected chi connectivity index (χ2v) is 9.86. The molecule has 2 aromatic rings. The van der Waals surface area contributed by atoms with Crippen molar-refractivity contribution in [2.75, 3.05) is 18.1 Å². The summed E-state index contributed by atoms with van der Waals surface area (Å²) in [4.78, 5) is 37.8. The van der Waals surface area contributed by atoms with E-state index < -0.39 is 27.0 Å². The molecular formula is C20H24ClN3O5S. The first-order chi connectivity index (χ1) is 14.3. The zero-order valence-electron chi connectivity index (χ0n) is 16.9. The van der Waals surface area contributed by atoms with Crippen LogP contribution in [0.2, 0.25) is 5.02 Å². The minimum absolute atomic E-state index is 0.0146. The van der Waals surface area contributed by atoms with Crippen molar-refractivity contribution in [1.29, 1.82) is 0 Å². The lowest BCUT2D eigenvalue weighted by Gasteiger charge is -2.17. The maximum atomic E-state index is 13.2. The summed E-state index contributed by atoms with van der Waals surface area (Å²) >= 11 is 6.51. The van der Waals surface area contributed by atoms with Gasteiger partial charge in [0, 0.05) is 29.8 Å². The summed E-state index contributed by atoms with van der Waals surface area (Å²) in [6, 6.07) is 2.75. The summed E-state index contributed by atoms with van der Waals surface area (Å²) in [6.45, 7) is 3.96. The zero-order valence-corrected chi connectivity index (χ0v) is 18.5. The van der Waals surface area contributed by atoms with Crippen molar-refractivity contribution in [1.82, 2.24) is 9.78 Å². The molecule has 1 aliphatic heterocycles. The predicted molar refractivity (Wildman–Crippen MR) is 115 cm³/mol. The first-order valence-electron chi connectivity index (χ1n) is 9.86. The molecular weight excluding hydrogens is 430 g/mol. The van der Waals surface area contributed by atoms with E-state index in [1.165, 1.54) is 23.0 Å². The molecule has 0 unspecified atom stereocenters. The highest BCUT2D eigenvalue weighted by Gasteiger charge is 2.26. The third-order valence-electron chi connectivity index (χ3n) is 4.94. The maximum Gasteiger partial charge on any atom is 0.340 e. The van der Waals surface area contributed by atoms with Crippen molar-refractivity contribution in [2.45, 2.75) is 39.7 Å². The fourth-order valence-electron chi connectivity index (χ4n) is 3.35. The Morgan fingerprint density at radius 1 is 1.17 bits per heavy atom. The monoisotopic (exact) mass is 453 g/mol. The quantitative estimate of drug-likeness (QED) is 0.531. The summed E-state index contributed by atoms with van der Waals surface area (Å²) in [5, 5.41) is 2.61. The van der Waals surface area contributed by atoms with Crippen LogP contribution in [-0.4, -0.2) is 43.9 Å². The van der Waals surface area contributed by atoms with E-state index in [0.717, 1.165) is 19.3 Å². The van der Waals surface area contributed by atoms with Gasteiger partial charge in [-0.1, -0.05) is 18.0 Å². The number of aromatic nitrogens is 2. The van der Waals surface area contributed by atoms with Crippen LogP contribution in [0.25, 0.3) is 0 Å². The summed E-state index contributed by atoms with van der Waals surface area (Å²) in [6.07, 6.45) is 3.84. The van der Waals surface area contributed by atoms with Gasteiger partial charge < -0.3 is 9.84 Å². The molecule has 0 amide bonds. The first-order valence-corrected chi connectivity index (χ1v) is 12.1. The Balaban J connectivity index is 2.17. The number of nitrogens with zero attached hydrogens (tertiary/aromatic N) is 2. The van der Waals surface area contributed by atoms with Crippen LogP contribution in [0.5, 0.6) is 0 Å². The number of rotatable bonds is 6. The van der Waals surface area contributed by atoms with Crippen LogP contribution in [0.15, 0.2) is 27.5 Å². The molecule has 10 heteroatoms. The van der Waals surface area contributed by atoms with E-state index in [0.29, 0.717) is 18.1 Å². The third-order valence-corrected chi connectivity index (χ3v) is 7.69. The molecule has 30 heavy (non-hydrogen) atoms. The second kappa shape index (κ2) is 9.18. The van der Waals surface area contributed by atoms with Crippen molar-refractivity contribution in [3.63, 3.8) is 0 Å². The molecule has 1 aliphatic rings. The average Bonchev–Trinajstić information content (AvgIpc) is 3.10. The van der Waals surface area contributed by atoms with Gasteiger partial charge in [-0.25, -0.2) is 9.00 Å². The number of aryl methyl sites for hydroxylation is 1. The number of halogens is 1. The van der Waals surface area contributed by atoms with E-state index >= 15 is 0 Å². The summed E-state index contributed by atoms with van der Waals surface area (Å²) in [7, 11) is -2.60. The number of carbonyl (C=O) groups excluding carboxylic acids is 2. The molecule has 1 N–H and O–H groups in total. The highest BCUT2D eigenvalue weighted by molar-refractivity contribution is 7.93. The number of nitrogens with one attached hydrogen (secondary N) is 1. The van der Waals surface area contributed by atoms with E-state index in [4.69, 9.17) is 16.3 Å². The van der Waals surface area contributed by atoms with Crippen LogP contribution in [0.3, 0.4) is 0 Å². The Hall–Kier alpha value is -2.39. The molecule has 0 bridgehead atoms. The van der Waals surface area contributed by atoms with E-state index in [9.17, 15) is 18.6 Å². The molecule has 0 atom stereocenters. The molecule has 1 aromatic heterocycles. The van der Waals surface area contributed by atoms with Crippen LogP contribution in [-0.2, 0) is 21.0 Å². The summed E-state index contributed by atoms with van der Waals surface area (Å²) in [5.41, 5.74) is -0.493. The van der Waals surface area contributed by atoms with E-state index in [-0.39, 0.29) is 34.0 Å². The van der Waals surface area contributed by atoms with Gasteiger partial charge in [0.05, 0.1) is 26.9 Å². The SMILES string of the molecule is CCOC(=O)c1ccc(C(=O)c2c[nH]n(CC)c2=O)c(Cl)c1N=S1(=O)CCCCC1. The number of carbonyl (C=O) groups is 2. The van der Waals surface area contributed by atoms with Crippen LogP contribution in [0, 0.1) is 0 Å². The lowest BCUT2D eigenvalue weighted by molar-refractivity contribution is 0.0527. The molecule has 1 aromatic carbocycles. The van der Waals surface area contributed by atoms with Gasteiger partial charge in [0.1, 0.15) is 11.3 Å². The molecule has 162 valence electrons. The van der Waals surface area contributed by atoms with Crippen LogP contribution in [0.4, 0.5) is 5.69 Å². The van der Waals surface area contributed by atoms with Gasteiger partial charge >= 0.3 is 5.97 Å². The Kier molecular flexibility index (Phi) is 6.82. The molecule has 0 radical (unpaired) electrons. The minimum Gasteiger partial charge on any atom is -0.462 e. The molecule has 1 fully saturated rings. The molecule has 2 heterocycles. The van der Waals surface area contributed by atoms with E-state index in [2.05, 4.69) is 9.46 Å². The molecule has 0 saturated carbocycles. The number of hydrogen-bond acceptors (Lipinski definition) is 6. The van der Waals surface area contributed by atoms with Crippen molar-refractivity contribution in [2.24, 2.45) is 4.36 Å². The van der Waals surface area contributed by atoms with Crippen LogP contribution < -0.4 is 5.56 Å². The molecule has 3 rings (SSSR count). The number of esters is 1. The van der Waals surface area contributed by atoms with Gasteiger partial charge in [-0.2, -0.15) is 4.36 Å². The van der Waals surface area contributed by atoms with Crippen LogP contribution in [0.1, 0.15) is 59.4 Å². The van der Waals surface area contributed by atoms with Gasteiger partial charge in [-0.3, -0.25) is 14.3 Å². The van der Waals surface area contributed by atoms with E-state index in [1.54, 1.807) is 13.8 Å². The Morgan fingerprint density at radius 2 is 1.83 bits per heavy atom. The highest BCUT2D eigenvalue weighted by Crippen LogP contribution is 2.36. The van der Waals surface area contributed by atoms with Crippen molar-refractivity contribution in [3.05, 3.63) is 50.4 Å². The molecule has 1 saturated heterocycles. The topological polar surface area (TPSA) is 111 Å². The molecule has 0 spiro atoms. The zero-order chi connectivity index (χ0) is 21.9. The Morgan fingerprint density at radius 3 is 2.43 bits per heavy atom. The molecule has 0 aliphatic carbocycles. The lowest BCUT2D eigenvalue weighted by Crippen LogP contribution is -2.21. The first kappa shape index (κ1) is 22.3. The van der Waals surface area contributed by atoms with Gasteiger partial charge in [-0.15, -0.1) is 0 Å². The maximum absolute atomic E-state index is 13.2. The number of H-pyrrole nitrogens is 1. The highest BCUT2D eigenvalue weighted by atomic mass is 35.5. The summed E-state index contributed by atoms with van der Waals surface area (Å²) < 4.78 is 23.9. The van der Waals surface area contributed by atoms with Crippen molar-refractivity contribution >= 4 is 38.8 Å². The predicted octanol–water partition coefficient (Wildman–Crippen LogP) is 3.54. The Bertz CT molecular complexity index is 1150. The smallest absolute Gasteiger partial charge is 0.340 e. The Labute approximate surface area is 179 Å². The number of ether oxygens (including phenoxy) is 1. The van der Waals surface area contributed by atoms with Crippen LogP contribution >= 0.6 is 11.6 Å². The largest absolute Gasteiger partial charge is 0.462 e. The second-order valence-electron chi connectivity index (χ2n) is 6.94. The number of ketones is 1. The minimum atomic E-state index is -2.60. The number of benzene rings is 1. The van der Waals surface area contributed by atoms with Gasteiger partial charge in [0.25, 0.3) is 5.56 Å². The summed E-state index contributed by atoms with van der Waals surface area (Å²) in [5.74, 6) is -0.448. The lowest BCUT2D eigenvalue weighted by atomic mass is 10.0. The number of aromatic amines is 1. The van der Waals surface area contributed by atoms with Crippen molar-refractivity contribution in [3.8, 4) is 0 Å². The van der Waals surface area contributed by atoms with Gasteiger partial charge in [0.2, 0.25) is 5.78 Å². The fourth-order valence-corrected chi connectivity index (χ4v) is 5.91. The van der Waals surface area contributed by atoms with Gasteiger partial charge in [0.15, 0.2) is 0 Å². The van der Waals surface area contributed by atoms with Gasteiger partial charge in [-0.05, 0) is 38.8 Å². The van der Waals surface area contributed by atoms with Crippen molar-refractivity contribution < 1.29 is 18.5 Å². The number of hydrogen-bond donors (Lipinski definition) is 1.